The van der Waals surface area contributed by atoms with Gasteiger partial charge >= 0.3 is 0 Å². The van der Waals surface area contributed by atoms with Crippen LogP contribution in [-0.4, -0.2) is 26.7 Å². The zero-order valence-electron chi connectivity index (χ0n) is 12.4. The van der Waals surface area contributed by atoms with E-state index < -0.39 is 0 Å². The van der Waals surface area contributed by atoms with Crippen LogP contribution in [-0.2, 0) is 12.8 Å². The van der Waals surface area contributed by atoms with Crippen LogP contribution in [0.3, 0.4) is 0 Å². The molecule has 0 aliphatic heterocycles. The van der Waals surface area contributed by atoms with E-state index in [0.717, 1.165) is 42.9 Å². The summed E-state index contributed by atoms with van der Waals surface area (Å²) in [5, 5.41) is 11.3. The van der Waals surface area contributed by atoms with Crippen molar-refractivity contribution in [3.8, 4) is 0 Å². The number of nitrogens with two attached hydrogens (primary N) is 1. The van der Waals surface area contributed by atoms with E-state index in [-0.39, 0.29) is 0 Å². The molecule has 0 spiro atoms. The van der Waals surface area contributed by atoms with Crippen LogP contribution in [0.25, 0.3) is 0 Å². The fraction of sp³-hybridized carbons (Fsp3) is 0.467. The Morgan fingerprint density at radius 2 is 2.14 bits per heavy atom. The summed E-state index contributed by atoms with van der Waals surface area (Å²) in [6.07, 6.45) is 8.64. The predicted molar refractivity (Wildman–Crippen MR) is 83.9 cm³/mol. The molecule has 0 fully saturated rings. The first-order chi connectivity index (χ1) is 10.3. The molecule has 2 heterocycles. The van der Waals surface area contributed by atoms with Crippen LogP contribution in [0, 0.1) is 0 Å². The van der Waals surface area contributed by atoms with Crippen LogP contribution >= 0.6 is 0 Å². The van der Waals surface area contributed by atoms with Crippen molar-refractivity contribution in [2.75, 3.05) is 17.6 Å². The van der Waals surface area contributed by atoms with Crippen molar-refractivity contribution in [3.05, 3.63) is 35.8 Å². The Bertz CT molecular complexity index is 543. The minimum absolute atomic E-state index is 0.302. The third kappa shape index (κ3) is 4.98. The van der Waals surface area contributed by atoms with Crippen LogP contribution in [0.15, 0.2) is 24.5 Å². The Hall–Kier alpha value is -2.24. The molecule has 0 radical (unpaired) electrons. The summed E-state index contributed by atoms with van der Waals surface area (Å²) in [5.41, 5.74) is 7.71. The number of aryl methyl sites for hydroxylation is 2. The highest BCUT2D eigenvalue weighted by molar-refractivity contribution is 5.46. The molecule has 0 saturated heterocycles. The summed E-state index contributed by atoms with van der Waals surface area (Å²) in [6.45, 7) is 3.09. The number of rotatable bonds is 8. The van der Waals surface area contributed by atoms with Crippen molar-refractivity contribution in [3.63, 3.8) is 0 Å². The van der Waals surface area contributed by atoms with Gasteiger partial charge in [0.25, 0.3) is 0 Å². The minimum Gasteiger partial charge on any atom is -0.370 e. The fourth-order valence-electron chi connectivity index (χ4n) is 2.07. The molecule has 21 heavy (non-hydrogen) atoms. The van der Waals surface area contributed by atoms with Gasteiger partial charge in [0, 0.05) is 24.5 Å². The first kappa shape index (κ1) is 15.2. The molecule has 0 aromatic carbocycles. The molecule has 112 valence electrons. The molecule has 6 heteroatoms. The van der Waals surface area contributed by atoms with Crippen molar-refractivity contribution < 1.29 is 0 Å². The Balaban J connectivity index is 1.97. The van der Waals surface area contributed by atoms with Crippen LogP contribution in [0.2, 0.25) is 0 Å². The number of hydrogen-bond donors (Lipinski definition) is 2. The highest BCUT2D eigenvalue weighted by Gasteiger charge is 2.06. The van der Waals surface area contributed by atoms with E-state index in [1.807, 2.05) is 12.1 Å². The molecule has 0 bridgehead atoms. The van der Waals surface area contributed by atoms with Crippen molar-refractivity contribution in [1.29, 1.82) is 0 Å². The lowest BCUT2D eigenvalue weighted by atomic mass is 10.1. The molecular weight excluding hydrogens is 264 g/mol. The van der Waals surface area contributed by atoms with Gasteiger partial charge < -0.3 is 11.1 Å². The summed E-state index contributed by atoms with van der Waals surface area (Å²) in [6, 6.07) is 3.87. The lowest BCUT2D eigenvalue weighted by molar-refractivity contribution is 0.740. The van der Waals surface area contributed by atoms with Gasteiger partial charge in [-0.2, -0.15) is 15.2 Å². The average molecular weight is 286 g/mol. The predicted octanol–water partition coefficient (Wildman–Crippen LogP) is 2.24. The SMILES string of the molecule is CCCCCNc1nc(N)ncc1CCc1cccnn1. The van der Waals surface area contributed by atoms with E-state index in [9.17, 15) is 0 Å². The van der Waals surface area contributed by atoms with Gasteiger partial charge in [0.05, 0.1) is 5.69 Å². The maximum Gasteiger partial charge on any atom is 0.221 e. The van der Waals surface area contributed by atoms with E-state index in [2.05, 4.69) is 32.4 Å². The second kappa shape index (κ2) is 8.14. The van der Waals surface area contributed by atoms with Crippen LogP contribution < -0.4 is 11.1 Å². The van der Waals surface area contributed by atoms with E-state index in [0.29, 0.717) is 5.95 Å². The number of anilines is 2. The third-order valence-electron chi connectivity index (χ3n) is 3.23. The normalized spacial score (nSPS) is 10.5. The van der Waals surface area contributed by atoms with Crippen LogP contribution in [0.5, 0.6) is 0 Å². The van der Waals surface area contributed by atoms with Crippen LogP contribution in [0.4, 0.5) is 11.8 Å². The Morgan fingerprint density at radius 3 is 2.90 bits per heavy atom. The summed E-state index contributed by atoms with van der Waals surface area (Å²) < 4.78 is 0. The summed E-state index contributed by atoms with van der Waals surface area (Å²) in [4.78, 5) is 8.39. The number of nitrogen functional groups attached to an aromatic ring is 1. The minimum atomic E-state index is 0.302. The smallest absolute Gasteiger partial charge is 0.221 e. The Kier molecular flexibility index (Phi) is 5.87. The highest BCUT2D eigenvalue weighted by Crippen LogP contribution is 2.15. The second-order valence-electron chi connectivity index (χ2n) is 4.95. The first-order valence-corrected chi connectivity index (χ1v) is 7.41. The monoisotopic (exact) mass is 286 g/mol. The first-order valence-electron chi connectivity index (χ1n) is 7.41. The van der Waals surface area contributed by atoms with Gasteiger partial charge in [0.15, 0.2) is 0 Å². The van der Waals surface area contributed by atoms with E-state index in [1.54, 1.807) is 12.4 Å². The van der Waals surface area contributed by atoms with Gasteiger partial charge in [0.2, 0.25) is 5.95 Å². The van der Waals surface area contributed by atoms with Gasteiger partial charge in [-0.15, -0.1) is 0 Å². The van der Waals surface area contributed by atoms with Crippen molar-refractivity contribution in [1.82, 2.24) is 20.2 Å². The van der Waals surface area contributed by atoms with Crippen molar-refractivity contribution >= 4 is 11.8 Å². The molecule has 0 unspecified atom stereocenters. The van der Waals surface area contributed by atoms with E-state index in [1.165, 1.54) is 12.8 Å². The molecule has 2 aromatic heterocycles. The summed E-state index contributed by atoms with van der Waals surface area (Å²) >= 11 is 0. The number of aromatic nitrogens is 4. The lowest BCUT2D eigenvalue weighted by Crippen LogP contribution is -2.10. The van der Waals surface area contributed by atoms with E-state index >= 15 is 0 Å². The topological polar surface area (TPSA) is 89.6 Å². The molecule has 3 N–H and O–H groups in total. The second-order valence-corrected chi connectivity index (χ2v) is 4.95. The highest BCUT2D eigenvalue weighted by atomic mass is 15.1. The van der Waals surface area contributed by atoms with Crippen LogP contribution in [0.1, 0.15) is 37.4 Å². The Labute approximate surface area is 125 Å². The summed E-state index contributed by atoms with van der Waals surface area (Å²) in [5.74, 6) is 1.14. The fourth-order valence-corrected chi connectivity index (χ4v) is 2.07. The molecule has 2 rings (SSSR count). The molecule has 0 saturated carbocycles. The van der Waals surface area contributed by atoms with Gasteiger partial charge in [-0.25, -0.2) is 4.98 Å². The quantitative estimate of drug-likeness (QED) is 0.723. The maximum absolute atomic E-state index is 5.68. The largest absolute Gasteiger partial charge is 0.370 e. The van der Waals surface area contributed by atoms with Gasteiger partial charge in [0.1, 0.15) is 5.82 Å². The number of hydrogen-bond acceptors (Lipinski definition) is 6. The molecule has 2 aromatic rings. The number of unbranched alkanes of at least 4 members (excludes halogenated alkanes) is 2. The van der Waals surface area contributed by atoms with Crippen molar-refractivity contribution in [2.24, 2.45) is 0 Å². The standard InChI is InChI=1S/C15H22N6/c1-2-3-4-9-17-14-12(11-18-15(16)20-14)7-8-13-6-5-10-19-21-13/h5-6,10-11H,2-4,7-9H2,1H3,(H3,16,17,18,20). The molecule has 0 amide bonds. The molecular formula is C15H22N6. The average Bonchev–Trinajstić information content (AvgIpc) is 2.52. The maximum atomic E-state index is 5.68. The molecule has 0 atom stereocenters. The van der Waals surface area contributed by atoms with Gasteiger partial charge in [-0.3, -0.25) is 0 Å². The zero-order valence-corrected chi connectivity index (χ0v) is 12.4. The third-order valence-corrected chi connectivity index (χ3v) is 3.23. The van der Waals surface area contributed by atoms with Crippen molar-refractivity contribution in [2.45, 2.75) is 39.0 Å². The van der Waals surface area contributed by atoms with Gasteiger partial charge in [-0.05, 0) is 31.4 Å². The number of nitrogens with one attached hydrogen (secondary N) is 1. The molecule has 0 aliphatic rings. The van der Waals surface area contributed by atoms with Gasteiger partial charge in [-0.1, -0.05) is 19.8 Å². The summed E-state index contributed by atoms with van der Waals surface area (Å²) in [7, 11) is 0. The van der Waals surface area contributed by atoms with E-state index in [4.69, 9.17) is 5.73 Å². The Morgan fingerprint density at radius 1 is 1.24 bits per heavy atom. The molecule has 6 nitrogen and oxygen atoms in total. The lowest BCUT2D eigenvalue weighted by Gasteiger charge is -2.11. The zero-order chi connectivity index (χ0) is 14.9. The molecule has 0 aliphatic carbocycles. The number of nitrogens with zero attached hydrogens (tertiary/aromatic N) is 4.